The number of benzene rings is 1. The molecule has 0 saturated heterocycles. The molecule has 5 nitrogen and oxygen atoms in total. The highest BCUT2D eigenvalue weighted by Crippen LogP contribution is 2.23. The molecule has 0 unspecified atom stereocenters. The molecular formula is C12H19NO4. The highest BCUT2D eigenvalue weighted by molar-refractivity contribution is 5.50. The smallest absolute Gasteiger partial charge is 0.125 e. The summed E-state index contributed by atoms with van der Waals surface area (Å²) in [5, 5.41) is 0. The normalized spacial score (nSPS) is 10.2. The summed E-state index contributed by atoms with van der Waals surface area (Å²) in [5.41, 5.74) is 6.31. The summed E-state index contributed by atoms with van der Waals surface area (Å²) in [6, 6.07) is 5.27. The zero-order chi connectivity index (χ0) is 12.5. The van der Waals surface area contributed by atoms with Gasteiger partial charge in [0, 0.05) is 31.0 Å². The van der Waals surface area contributed by atoms with Crippen LogP contribution in [0.25, 0.3) is 0 Å². The van der Waals surface area contributed by atoms with Crippen LogP contribution in [0, 0.1) is 0 Å². The third-order valence-corrected chi connectivity index (χ3v) is 2.07. The molecule has 96 valence electrons. The lowest BCUT2D eigenvalue weighted by Crippen LogP contribution is -2.10. The first kappa shape index (κ1) is 13.6. The van der Waals surface area contributed by atoms with Crippen molar-refractivity contribution in [1.29, 1.82) is 0 Å². The predicted octanol–water partition coefficient (Wildman–Crippen LogP) is 1.32. The molecule has 0 fully saturated rings. The molecule has 2 N–H and O–H groups in total. The first-order chi connectivity index (χ1) is 8.26. The number of hydrogen-bond donors (Lipinski definition) is 1. The van der Waals surface area contributed by atoms with E-state index in [1.54, 1.807) is 32.4 Å². The number of anilines is 1. The second-order valence-electron chi connectivity index (χ2n) is 3.40. The predicted molar refractivity (Wildman–Crippen MR) is 65.6 cm³/mol. The number of nitrogens with two attached hydrogens (primary N) is 1. The van der Waals surface area contributed by atoms with Crippen LogP contribution in [-0.4, -0.2) is 40.6 Å². The molecule has 1 aromatic rings. The highest BCUT2D eigenvalue weighted by atomic mass is 16.5. The van der Waals surface area contributed by atoms with Gasteiger partial charge >= 0.3 is 0 Å². The Morgan fingerprint density at radius 3 is 2.35 bits per heavy atom. The van der Waals surface area contributed by atoms with Crippen molar-refractivity contribution in [3.8, 4) is 11.5 Å². The maximum Gasteiger partial charge on any atom is 0.125 e. The zero-order valence-corrected chi connectivity index (χ0v) is 10.3. The van der Waals surface area contributed by atoms with Crippen LogP contribution in [0.2, 0.25) is 0 Å². The van der Waals surface area contributed by atoms with Gasteiger partial charge in [-0.3, -0.25) is 0 Å². The average Bonchev–Trinajstić information content (AvgIpc) is 2.33. The van der Waals surface area contributed by atoms with Gasteiger partial charge in [-0.2, -0.15) is 0 Å². The summed E-state index contributed by atoms with van der Waals surface area (Å²) in [4.78, 5) is 0. The topological polar surface area (TPSA) is 62.9 Å². The molecule has 0 saturated carbocycles. The van der Waals surface area contributed by atoms with Crippen molar-refractivity contribution in [2.24, 2.45) is 0 Å². The Kier molecular flexibility index (Phi) is 6.21. The van der Waals surface area contributed by atoms with Crippen molar-refractivity contribution in [1.82, 2.24) is 0 Å². The van der Waals surface area contributed by atoms with Crippen molar-refractivity contribution in [2.45, 2.75) is 0 Å². The quantitative estimate of drug-likeness (QED) is 0.549. The first-order valence-corrected chi connectivity index (χ1v) is 5.40. The number of nitrogen functional groups attached to an aromatic ring is 1. The van der Waals surface area contributed by atoms with Gasteiger partial charge in [0.2, 0.25) is 0 Å². The minimum absolute atomic E-state index is 0.469. The van der Waals surface area contributed by atoms with Crippen molar-refractivity contribution in [2.75, 3.05) is 46.4 Å². The van der Waals surface area contributed by atoms with Crippen molar-refractivity contribution in [3.05, 3.63) is 18.2 Å². The lowest BCUT2D eigenvalue weighted by molar-refractivity contribution is 0.0544. The van der Waals surface area contributed by atoms with E-state index < -0.39 is 0 Å². The van der Waals surface area contributed by atoms with E-state index in [-0.39, 0.29) is 0 Å². The molecule has 0 spiro atoms. The summed E-state index contributed by atoms with van der Waals surface area (Å²) < 4.78 is 20.7. The molecular weight excluding hydrogens is 222 g/mol. The van der Waals surface area contributed by atoms with Crippen LogP contribution in [-0.2, 0) is 9.47 Å². The average molecular weight is 241 g/mol. The Labute approximate surface area is 101 Å². The molecule has 0 aromatic heterocycles. The summed E-state index contributed by atoms with van der Waals surface area (Å²) in [5.74, 6) is 1.36. The largest absolute Gasteiger partial charge is 0.497 e. The standard InChI is InChI=1S/C12H19NO4/c1-14-3-4-16-5-6-17-12-8-10(13)7-11(9-12)15-2/h7-9H,3-6,13H2,1-2H3. The van der Waals surface area contributed by atoms with E-state index in [2.05, 4.69) is 0 Å². The van der Waals surface area contributed by atoms with E-state index in [0.29, 0.717) is 43.6 Å². The SMILES string of the molecule is COCCOCCOc1cc(N)cc(OC)c1. The molecule has 0 aliphatic carbocycles. The van der Waals surface area contributed by atoms with Crippen LogP contribution in [0.3, 0.4) is 0 Å². The van der Waals surface area contributed by atoms with Crippen LogP contribution in [0.15, 0.2) is 18.2 Å². The third-order valence-electron chi connectivity index (χ3n) is 2.07. The summed E-state index contributed by atoms with van der Waals surface area (Å²) >= 11 is 0. The molecule has 1 aromatic carbocycles. The Bertz CT molecular complexity index is 330. The third kappa shape index (κ3) is 5.42. The Balaban J connectivity index is 2.28. The second-order valence-corrected chi connectivity index (χ2v) is 3.40. The van der Waals surface area contributed by atoms with E-state index in [1.165, 1.54) is 0 Å². The van der Waals surface area contributed by atoms with Gasteiger partial charge in [0.1, 0.15) is 18.1 Å². The number of hydrogen-bond acceptors (Lipinski definition) is 5. The number of rotatable bonds is 8. The molecule has 0 aliphatic rings. The van der Waals surface area contributed by atoms with Gasteiger partial charge in [-0.1, -0.05) is 0 Å². The van der Waals surface area contributed by atoms with E-state index in [1.807, 2.05) is 0 Å². The van der Waals surface area contributed by atoms with Gasteiger partial charge in [-0.15, -0.1) is 0 Å². The molecule has 0 radical (unpaired) electrons. The molecule has 5 heteroatoms. The lowest BCUT2D eigenvalue weighted by atomic mass is 10.3. The van der Waals surface area contributed by atoms with Crippen LogP contribution in [0.1, 0.15) is 0 Å². The molecule has 0 aliphatic heterocycles. The minimum Gasteiger partial charge on any atom is -0.497 e. The molecule has 0 heterocycles. The Morgan fingerprint density at radius 1 is 0.941 bits per heavy atom. The van der Waals surface area contributed by atoms with Crippen molar-refractivity contribution in [3.63, 3.8) is 0 Å². The Morgan fingerprint density at radius 2 is 1.65 bits per heavy atom. The molecule has 0 bridgehead atoms. The van der Waals surface area contributed by atoms with Gasteiger partial charge in [-0.05, 0) is 0 Å². The van der Waals surface area contributed by atoms with Crippen molar-refractivity contribution >= 4 is 5.69 Å². The number of ether oxygens (including phenoxy) is 4. The molecule has 1 rings (SSSR count). The fourth-order valence-corrected chi connectivity index (χ4v) is 1.26. The summed E-state index contributed by atoms with van der Waals surface area (Å²) in [6.07, 6.45) is 0. The van der Waals surface area contributed by atoms with E-state index in [9.17, 15) is 0 Å². The van der Waals surface area contributed by atoms with Gasteiger partial charge in [0.05, 0.1) is 26.9 Å². The second kappa shape index (κ2) is 7.76. The van der Waals surface area contributed by atoms with Gasteiger partial charge in [0.25, 0.3) is 0 Å². The Hall–Kier alpha value is -1.46. The minimum atomic E-state index is 0.469. The zero-order valence-electron chi connectivity index (χ0n) is 10.3. The maximum atomic E-state index is 5.70. The monoisotopic (exact) mass is 241 g/mol. The first-order valence-electron chi connectivity index (χ1n) is 5.40. The number of methoxy groups -OCH3 is 2. The van der Waals surface area contributed by atoms with Crippen molar-refractivity contribution < 1.29 is 18.9 Å². The highest BCUT2D eigenvalue weighted by Gasteiger charge is 2.00. The van der Waals surface area contributed by atoms with Crippen LogP contribution in [0.4, 0.5) is 5.69 Å². The van der Waals surface area contributed by atoms with Gasteiger partial charge < -0.3 is 24.7 Å². The maximum absolute atomic E-state index is 5.70. The summed E-state index contributed by atoms with van der Waals surface area (Å²) in [6.45, 7) is 2.14. The molecule has 0 amide bonds. The summed E-state index contributed by atoms with van der Waals surface area (Å²) in [7, 11) is 3.23. The fraction of sp³-hybridized carbons (Fsp3) is 0.500. The van der Waals surface area contributed by atoms with Gasteiger partial charge in [-0.25, -0.2) is 0 Å². The fourth-order valence-electron chi connectivity index (χ4n) is 1.26. The van der Waals surface area contributed by atoms with Crippen LogP contribution >= 0.6 is 0 Å². The molecule has 0 atom stereocenters. The van der Waals surface area contributed by atoms with Gasteiger partial charge in [0.15, 0.2) is 0 Å². The van der Waals surface area contributed by atoms with E-state index >= 15 is 0 Å². The molecule has 17 heavy (non-hydrogen) atoms. The van der Waals surface area contributed by atoms with Crippen LogP contribution < -0.4 is 15.2 Å². The van der Waals surface area contributed by atoms with E-state index in [4.69, 9.17) is 24.7 Å². The lowest BCUT2D eigenvalue weighted by Gasteiger charge is -2.09. The van der Waals surface area contributed by atoms with E-state index in [0.717, 1.165) is 0 Å². The van der Waals surface area contributed by atoms with Crippen LogP contribution in [0.5, 0.6) is 11.5 Å².